The first-order valence-corrected chi connectivity index (χ1v) is 8.89. The molecule has 0 spiro atoms. The van der Waals surface area contributed by atoms with Crippen molar-refractivity contribution in [3.8, 4) is 0 Å². The van der Waals surface area contributed by atoms with Crippen LogP contribution < -0.4 is 10.2 Å². The molecule has 1 aliphatic heterocycles. The second kappa shape index (κ2) is 7.07. The summed E-state index contributed by atoms with van der Waals surface area (Å²) in [5, 5.41) is 4.49. The number of rotatable bonds is 5. The van der Waals surface area contributed by atoms with E-state index < -0.39 is 0 Å². The minimum atomic E-state index is 0.116. The van der Waals surface area contributed by atoms with Gasteiger partial charge in [-0.25, -0.2) is 4.98 Å². The molecule has 0 saturated carbocycles. The Morgan fingerprint density at radius 2 is 1.86 bits per heavy atom. The van der Waals surface area contributed by atoms with Gasteiger partial charge in [0.1, 0.15) is 0 Å². The quantitative estimate of drug-likeness (QED) is 0.906. The van der Waals surface area contributed by atoms with Crippen LogP contribution in [0, 0.1) is 0 Å². The predicted octanol–water partition coefficient (Wildman–Crippen LogP) is 2.69. The zero-order chi connectivity index (χ0) is 15.5. The molecule has 2 rings (SSSR count). The second-order valence-electron chi connectivity index (χ2n) is 6.88. The minimum absolute atomic E-state index is 0.116. The van der Waals surface area contributed by atoms with E-state index in [9.17, 15) is 0 Å². The van der Waals surface area contributed by atoms with E-state index in [1.807, 2.05) is 18.4 Å². The lowest BCUT2D eigenvalue weighted by molar-refractivity contribution is 0.258. The molecule has 0 radical (unpaired) electrons. The van der Waals surface area contributed by atoms with Crippen molar-refractivity contribution in [1.82, 2.24) is 15.2 Å². The molecule has 5 heteroatoms. The Morgan fingerprint density at radius 1 is 1.19 bits per heavy atom. The number of thiazole rings is 1. The predicted molar refractivity (Wildman–Crippen MR) is 92.5 cm³/mol. The lowest BCUT2D eigenvalue weighted by Gasteiger charge is -2.34. The van der Waals surface area contributed by atoms with Gasteiger partial charge in [-0.1, -0.05) is 27.7 Å². The van der Waals surface area contributed by atoms with Crippen LogP contribution in [0.2, 0.25) is 0 Å². The highest BCUT2D eigenvalue weighted by atomic mass is 32.1. The van der Waals surface area contributed by atoms with E-state index in [0.29, 0.717) is 0 Å². The molecular weight excluding hydrogens is 280 g/mol. The maximum atomic E-state index is 4.98. The average Bonchev–Trinajstić information content (AvgIpc) is 2.84. The molecule has 0 atom stereocenters. The summed E-state index contributed by atoms with van der Waals surface area (Å²) in [7, 11) is 2.01. The number of piperazine rings is 1. The van der Waals surface area contributed by atoms with Gasteiger partial charge in [0.15, 0.2) is 5.13 Å². The Kier molecular flexibility index (Phi) is 5.63. The Balaban J connectivity index is 2.10. The standard InChI is InChI=1S/C16H30N4S/c1-6-7-19-8-10-20(11-9-19)15-18-14(16(2,3)4)13(21-15)12-17-5/h17H,6-12H2,1-5H3. The summed E-state index contributed by atoms with van der Waals surface area (Å²) in [5.74, 6) is 0. The van der Waals surface area contributed by atoms with Gasteiger partial charge in [-0.2, -0.15) is 0 Å². The van der Waals surface area contributed by atoms with Crippen molar-refractivity contribution in [1.29, 1.82) is 0 Å². The third-order valence-electron chi connectivity index (χ3n) is 3.92. The molecule has 0 bridgehead atoms. The highest BCUT2D eigenvalue weighted by Crippen LogP contribution is 2.34. The van der Waals surface area contributed by atoms with E-state index >= 15 is 0 Å². The zero-order valence-corrected chi connectivity index (χ0v) is 15.0. The van der Waals surface area contributed by atoms with Crippen LogP contribution in [0.4, 0.5) is 5.13 Å². The molecule has 120 valence electrons. The van der Waals surface area contributed by atoms with E-state index in [2.05, 4.69) is 42.8 Å². The van der Waals surface area contributed by atoms with E-state index in [4.69, 9.17) is 4.98 Å². The monoisotopic (exact) mass is 310 g/mol. The van der Waals surface area contributed by atoms with Gasteiger partial charge in [0, 0.05) is 43.0 Å². The first kappa shape index (κ1) is 16.7. The van der Waals surface area contributed by atoms with Crippen LogP contribution in [0.3, 0.4) is 0 Å². The SMILES string of the molecule is CCCN1CCN(c2nc(C(C)(C)C)c(CNC)s2)CC1. The third-order valence-corrected chi connectivity index (χ3v) is 5.03. The van der Waals surface area contributed by atoms with Crippen molar-refractivity contribution in [2.24, 2.45) is 0 Å². The summed E-state index contributed by atoms with van der Waals surface area (Å²) in [5.41, 5.74) is 1.37. The van der Waals surface area contributed by atoms with Gasteiger partial charge in [0.05, 0.1) is 5.69 Å². The summed E-state index contributed by atoms with van der Waals surface area (Å²) in [6.45, 7) is 15.7. The molecule has 1 aromatic rings. The van der Waals surface area contributed by atoms with Gasteiger partial charge >= 0.3 is 0 Å². The van der Waals surface area contributed by atoms with Crippen molar-refractivity contribution < 1.29 is 0 Å². The van der Waals surface area contributed by atoms with Gasteiger partial charge in [0.25, 0.3) is 0 Å². The molecule has 1 fully saturated rings. The van der Waals surface area contributed by atoms with Gasteiger partial charge in [-0.15, -0.1) is 11.3 Å². The van der Waals surface area contributed by atoms with E-state index in [0.717, 1.165) is 19.6 Å². The van der Waals surface area contributed by atoms with Crippen molar-refractivity contribution >= 4 is 16.5 Å². The molecule has 0 aliphatic carbocycles. The van der Waals surface area contributed by atoms with Gasteiger partial charge < -0.3 is 10.2 Å². The zero-order valence-electron chi connectivity index (χ0n) is 14.2. The molecule has 1 aliphatic rings. The Labute approximate surface area is 133 Å². The van der Waals surface area contributed by atoms with Gasteiger partial charge in [-0.05, 0) is 20.0 Å². The molecule has 0 unspecified atom stereocenters. The number of hydrogen-bond acceptors (Lipinski definition) is 5. The first-order chi connectivity index (χ1) is 9.95. The Bertz CT molecular complexity index is 442. The number of anilines is 1. The van der Waals surface area contributed by atoms with Crippen molar-refractivity contribution in [3.63, 3.8) is 0 Å². The molecule has 0 amide bonds. The average molecular weight is 311 g/mol. The molecular formula is C16H30N4S. The fraction of sp³-hybridized carbons (Fsp3) is 0.812. The largest absolute Gasteiger partial charge is 0.346 e. The fourth-order valence-corrected chi connectivity index (χ4v) is 4.15. The summed E-state index contributed by atoms with van der Waals surface area (Å²) in [6.07, 6.45) is 1.25. The number of aromatic nitrogens is 1. The highest BCUT2D eigenvalue weighted by molar-refractivity contribution is 7.15. The number of nitrogens with zero attached hydrogens (tertiary/aromatic N) is 3. The summed E-state index contributed by atoms with van der Waals surface area (Å²) in [6, 6.07) is 0. The molecule has 0 aromatic carbocycles. The molecule has 1 aromatic heterocycles. The normalized spacial score (nSPS) is 17.5. The molecule has 1 N–H and O–H groups in total. The summed E-state index contributed by atoms with van der Waals surface area (Å²) >= 11 is 1.87. The first-order valence-electron chi connectivity index (χ1n) is 8.07. The topological polar surface area (TPSA) is 31.4 Å². The minimum Gasteiger partial charge on any atom is -0.346 e. The van der Waals surface area contributed by atoms with Crippen LogP contribution in [-0.2, 0) is 12.0 Å². The number of nitrogens with one attached hydrogen (secondary N) is 1. The van der Waals surface area contributed by atoms with E-state index in [1.165, 1.54) is 41.8 Å². The van der Waals surface area contributed by atoms with Crippen LogP contribution >= 0.6 is 11.3 Å². The van der Waals surface area contributed by atoms with Crippen LogP contribution in [0.5, 0.6) is 0 Å². The second-order valence-corrected chi connectivity index (χ2v) is 7.94. The maximum Gasteiger partial charge on any atom is 0.185 e. The molecule has 4 nitrogen and oxygen atoms in total. The van der Waals surface area contributed by atoms with E-state index in [-0.39, 0.29) is 5.41 Å². The van der Waals surface area contributed by atoms with Crippen LogP contribution in [0.25, 0.3) is 0 Å². The summed E-state index contributed by atoms with van der Waals surface area (Å²) < 4.78 is 0. The van der Waals surface area contributed by atoms with Crippen molar-refractivity contribution in [2.45, 2.75) is 46.1 Å². The maximum absolute atomic E-state index is 4.98. The third kappa shape index (κ3) is 4.18. The van der Waals surface area contributed by atoms with Crippen LogP contribution in [0.1, 0.15) is 44.7 Å². The smallest absolute Gasteiger partial charge is 0.185 e. The molecule has 2 heterocycles. The highest BCUT2D eigenvalue weighted by Gasteiger charge is 2.26. The van der Waals surface area contributed by atoms with E-state index in [1.54, 1.807) is 0 Å². The molecule has 1 saturated heterocycles. The van der Waals surface area contributed by atoms with Gasteiger partial charge in [0.2, 0.25) is 0 Å². The van der Waals surface area contributed by atoms with Gasteiger partial charge in [-0.3, -0.25) is 4.90 Å². The van der Waals surface area contributed by atoms with Crippen LogP contribution in [0.15, 0.2) is 0 Å². The Morgan fingerprint density at radius 3 is 2.38 bits per heavy atom. The lowest BCUT2D eigenvalue weighted by atomic mass is 9.91. The lowest BCUT2D eigenvalue weighted by Crippen LogP contribution is -2.46. The molecule has 21 heavy (non-hydrogen) atoms. The van der Waals surface area contributed by atoms with Crippen molar-refractivity contribution in [2.75, 3.05) is 44.7 Å². The fourth-order valence-electron chi connectivity index (χ4n) is 2.82. The van der Waals surface area contributed by atoms with Crippen LogP contribution in [-0.4, -0.2) is 49.7 Å². The van der Waals surface area contributed by atoms with Crippen molar-refractivity contribution in [3.05, 3.63) is 10.6 Å². The summed E-state index contributed by atoms with van der Waals surface area (Å²) in [4.78, 5) is 11.4. The number of hydrogen-bond donors (Lipinski definition) is 1. The Hall–Kier alpha value is -0.650.